The zero-order chi connectivity index (χ0) is 14.1. The third kappa shape index (κ3) is 4.60. The van der Waals surface area contributed by atoms with Crippen LogP contribution in [-0.2, 0) is 9.53 Å². The maximum Gasteiger partial charge on any atom is 0.266 e. The first-order valence-electron chi connectivity index (χ1n) is 6.17. The fourth-order valence-electron chi connectivity index (χ4n) is 1.74. The summed E-state index contributed by atoms with van der Waals surface area (Å²) in [6.45, 7) is 10.6. The number of hydrogen-bond acceptors (Lipinski definition) is 4. The van der Waals surface area contributed by atoms with Gasteiger partial charge < -0.3 is 14.5 Å². The summed E-state index contributed by atoms with van der Waals surface area (Å²) in [6.07, 6.45) is 4.88. The third-order valence-corrected chi connectivity index (χ3v) is 2.69. The molecule has 0 radical (unpaired) electrons. The number of hydrogen-bond donors (Lipinski definition) is 0. The lowest BCUT2D eigenvalue weighted by Gasteiger charge is -2.26. The summed E-state index contributed by atoms with van der Waals surface area (Å²) in [5, 5.41) is 9.14. The van der Waals surface area contributed by atoms with Gasteiger partial charge in [-0.2, -0.15) is 5.26 Å². The van der Waals surface area contributed by atoms with E-state index in [1.165, 1.54) is 4.90 Å². The Morgan fingerprint density at radius 2 is 1.89 bits per heavy atom. The number of rotatable bonds is 6. The number of carbonyl (C=O) groups excluding carboxylic acids is 1. The summed E-state index contributed by atoms with van der Waals surface area (Å²) in [5.74, 6) is -0.297. The summed E-state index contributed by atoms with van der Waals surface area (Å²) >= 11 is 0. The first-order chi connectivity index (χ1) is 9.22. The Hall–Kier alpha value is -2.06. The van der Waals surface area contributed by atoms with Crippen LogP contribution >= 0.6 is 0 Å². The van der Waals surface area contributed by atoms with Crippen molar-refractivity contribution >= 4 is 5.91 Å². The molecule has 1 amide bonds. The van der Waals surface area contributed by atoms with Crippen LogP contribution in [0.3, 0.4) is 0 Å². The standard InChI is InChI=1S/C14H19N3O2/c1-3-5-17(6-4-2)14(18)13(11-15)12-16-7-9-19-10-8-16/h3-4,12H,1-2,5-10H2/b13-12-. The van der Waals surface area contributed by atoms with E-state index in [4.69, 9.17) is 10.00 Å². The van der Waals surface area contributed by atoms with Gasteiger partial charge in [0.1, 0.15) is 11.6 Å². The van der Waals surface area contributed by atoms with Crippen LogP contribution in [0.2, 0.25) is 0 Å². The molecule has 0 unspecified atom stereocenters. The van der Waals surface area contributed by atoms with Gasteiger partial charge in [0.15, 0.2) is 0 Å². The third-order valence-electron chi connectivity index (χ3n) is 2.69. The molecule has 0 atom stereocenters. The van der Waals surface area contributed by atoms with Crippen LogP contribution in [0.15, 0.2) is 37.1 Å². The van der Waals surface area contributed by atoms with Crippen molar-refractivity contribution < 1.29 is 9.53 Å². The van der Waals surface area contributed by atoms with Crippen LogP contribution in [0.5, 0.6) is 0 Å². The Morgan fingerprint density at radius 1 is 1.32 bits per heavy atom. The van der Waals surface area contributed by atoms with E-state index in [9.17, 15) is 4.79 Å². The summed E-state index contributed by atoms with van der Waals surface area (Å²) in [4.78, 5) is 15.7. The first-order valence-corrected chi connectivity index (χ1v) is 6.17. The van der Waals surface area contributed by atoms with Gasteiger partial charge in [-0.15, -0.1) is 13.2 Å². The van der Waals surface area contributed by atoms with Crippen molar-refractivity contribution in [2.24, 2.45) is 0 Å². The number of ether oxygens (including phenoxy) is 1. The molecular formula is C14H19N3O2. The molecule has 0 spiro atoms. The predicted molar refractivity (Wildman–Crippen MR) is 73.1 cm³/mol. The summed E-state index contributed by atoms with van der Waals surface area (Å²) in [5.41, 5.74) is 0.130. The van der Waals surface area contributed by atoms with E-state index < -0.39 is 0 Å². The van der Waals surface area contributed by atoms with Gasteiger partial charge in [-0.05, 0) is 0 Å². The molecule has 1 aliphatic rings. The van der Waals surface area contributed by atoms with E-state index >= 15 is 0 Å². The lowest BCUT2D eigenvalue weighted by molar-refractivity contribution is -0.125. The van der Waals surface area contributed by atoms with Crippen molar-refractivity contribution in [1.29, 1.82) is 5.26 Å². The molecule has 0 aromatic rings. The smallest absolute Gasteiger partial charge is 0.266 e. The van der Waals surface area contributed by atoms with E-state index in [1.54, 1.807) is 18.4 Å². The highest BCUT2D eigenvalue weighted by Crippen LogP contribution is 2.06. The summed E-state index contributed by atoms with van der Waals surface area (Å²) in [7, 11) is 0. The number of carbonyl (C=O) groups is 1. The van der Waals surface area contributed by atoms with Crippen LogP contribution in [0, 0.1) is 11.3 Å². The molecule has 0 N–H and O–H groups in total. The fourth-order valence-corrected chi connectivity index (χ4v) is 1.74. The monoisotopic (exact) mass is 261 g/mol. The molecule has 1 heterocycles. The van der Waals surface area contributed by atoms with Crippen LogP contribution in [0.25, 0.3) is 0 Å². The van der Waals surface area contributed by atoms with Crippen LogP contribution in [0.1, 0.15) is 0 Å². The molecule has 5 heteroatoms. The second-order valence-corrected chi connectivity index (χ2v) is 4.09. The molecule has 102 valence electrons. The van der Waals surface area contributed by atoms with Crippen molar-refractivity contribution in [3.8, 4) is 6.07 Å². The van der Waals surface area contributed by atoms with Gasteiger partial charge in [0.25, 0.3) is 5.91 Å². The molecule has 5 nitrogen and oxygen atoms in total. The van der Waals surface area contributed by atoms with Gasteiger partial charge >= 0.3 is 0 Å². The molecule has 1 rings (SSSR count). The summed E-state index contributed by atoms with van der Waals surface area (Å²) < 4.78 is 5.22. The summed E-state index contributed by atoms with van der Waals surface area (Å²) in [6, 6.07) is 1.97. The van der Waals surface area contributed by atoms with Gasteiger partial charge in [0.2, 0.25) is 0 Å². The minimum absolute atomic E-state index is 0.130. The highest BCUT2D eigenvalue weighted by molar-refractivity contribution is 5.97. The van der Waals surface area contributed by atoms with E-state index in [-0.39, 0.29) is 11.5 Å². The Morgan fingerprint density at radius 3 is 2.37 bits per heavy atom. The van der Waals surface area contributed by atoms with Gasteiger partial charge in [0.05, 0.1) is 13.2 Å². The van der Waals surface area contributed by atoms with E-state index in [1.807, 2.05) is 11.0 Å². The maximum atomic E-state index is 12.2. The van der Waals surface area contributed by atoms with E-state index in [0.29, 0.717) is 39.4 Å². The van der Waals surface area contributed by atoms with Gasteiger partial charge in [-0.3, -0.25) is 4.79 Å². The zero-order valence-electron chi connectivity index (χ0n) is 11.0. The highest BCUT2D eigenvalue weighted by atomic mass is 16.5. The molecule has 0 bridgehead atoms. The lowest BCUT2D eigenvalue weighted by Crippen LogP contribution is -2.35. The minimum atomic E-state index is -0.297. The molecule has 0 aliphatic carbocycles. The molecule has 0 aromatic carbocycles. The molecule has 0 aromatic heterocycles. The number of nitriles is 1. The molecule has 1 aliphatic heterocycles. The number of nitrogens with zero attached hydrogens (tertiary/aromatic N) is 3. The van der Waals surface area contributed by atoms with E-state index in [2.05, 4.69) is 13.2 Å². The molecule has 0 saturated carbocycles. The van der Waals surface area contributed by atoms with E-state index in [0.717, 1.165) is 0 Å². The Bertz CT molecular complexity index is 393. The van der Waals surface area contributed by atoms with Gasteiger partial charge in [0, 0.05) is 32.4 Å². The van der Waals surface area contributed by atoms with Crippen molar-refractivity contribution in [1.82, 2.24) is 9.80 Å². The van der Waals surface area contributed by atoms with Crippen LogP contribution in [0.4, 0.5) is 0 Å². The highest BCUT2D eigenvalue weighted by Gasteiger charge is 2.18. The largest absolute Gasteiger partial charge is 0.378 e. The second-order valence-electron chi connectivity index (χ2n) is 4.09. The fraction of sp³-hybridized carbons (Fsp3) is 0.429. The van der Waals surface area contributed by atoms with Crippen molar-refractivity contribution in [3.05, 3.63) is 37.1 Å². The first kappa shape index (κ1) is 15.0. The zero-order valence-corrected chi connectivity index (χ0v) is 11.0. The average molecular weight is 261 g/mol. The SMILES string of the molecule is C=CCN(CC=C)C(=O)/C(C#N)=C\N1CCOCC1. The minimum Gasteiger partial charge on any atom is -0.378 e. The van der Waals surface area contributed by atoms with Gasteiger partial charge in [-0.1, -0.05) is 12.2 Å². The maximum absolute atomic E-state index is 12.2. The normalized spacial score (nSPS) is 15.5. The molecule has 1 fully saturated rings. The number of amides is 1. The molecule has 19 heavy (non-hydrogen) atoms. The van der Waals surface area contributed by atoms with Crippen molar-refractivity contribution in [2.45, 2.75) is 0 Å². The van der Waals surface area contributed by atoms with Crippen LogP contribution < -0.4 is 0 Å². The van der Waals surface area contributed by atoms with Gasteiger partial charge in [-0.25, -0.2) is 0 Å². The topological polar surface area (TPSA) is 56.6 Å². The predicted octanol–water partition coefficient (Wildman–Crippen LogP) is 0.927. The van der Waals surface area contributed by atoms with Crippen LogP contribution in [-0.4, -0.2) is 55.1 Å². The quantitative estimate of drug-likeness (QED) is 0.405. The lowest BCUT2D eigenvalue weighted by atomic mass is 10.2. The Labute approximate surface area is 114 Å². The second kappa shape index (κ2) is 8.11. The average Bonchev–Trinajstić information content (AvgIpc) is 2.45. The van der Waals surface area contributed by atoms with Crippen molar-refractivity contribution in [3.63, 3.8) is 0 Å². The Kier molecular flexibility index (Phi) is 6.41. The van der Waals surface area contributed by atoms with Crippen molar-refractivity contribution in [2.75, 3.05) is 39.4 Å². The Balaban J connectivity index is 2.78. The number of morpholine rings is 1. The molecule has 1 saturated heterocycles. The molecular weight excluding hydrogens is 242 g/mol.